The highest BCUT2D eigenvalue weighted by atomic mass is 32.1. The minimum Gasteiger partial charge on any atom is -0.365 e. The lowest BCUT2D eigenvalue weighted by molar-refractivity contribution is -0.387. The van der Waals surface area contributed by atoms with Crippen molar-refractivity contribution in [1.82, 2.24) is 0 Å². The Balaban J connectivity index is 1.80. The van der Waals surface area contributed by atoms with Crippen LogP contribution in [0.1, 0.15) is 27.2 Å². The van der Waals surface area contributed by atoms with Crippen molar-refractivity contribution in [2.24, 2.45) is 11.7 Å². The fourth-order valence-corrected chi connectivity index (χ4v) is 4.24. The van der Waals surface area contributed by atoms with E-state index in [1.807, 2.05) is 0 Å². The van der Waals surface area contributed by atoms with Gasteiger partial charge in [0.15, 0.2) is 0 Å². The van der Waals surface area contributed by atoms with E-state index in [-0.39, 0.29) is 24.2 Å². The molecule has 3 amide bonds. The van der Waals surface area contributed by atoms with Crippen LogP contribution < -0.4 is 16.0 Å². The van der Waals surface area contributed by atoms with E-state index in [9.17, 15) is 28.9 Å². The van der Waals surface area contributed by atoms with Crippen molar-refractivity contribution in [2.45, 2.75) is 20.3 Å². The smallest absolute Gasteiger partial charge is 0.306 e. The quantitative estimate of drug-likeness (QED) is 0.566. The van der Waals surface area contributed by atoms with Gasteiger partial charge in [0, 0.05) is 23.9 Å². The van der Waals surface area contributed by atoms with Crippen molar-refractivity contribution >= 4 is 45.4 Å². The molecule has 9 nitrogen and oxygen atoms in total. The van der Waals surface area contributed by atoms with Gasteiger partial charge in [0.05, 0.1) is 22.1 Å². The van der Waals surface area contributed by atoms with Gasteiger partial charge in [-0.2, -0.15) is 4.39 Å². The average molecular weight is 420 g/mol. The van der Waals surface area contributed by atoms with Crippen LogP contribution in [0.4, 0.5) is 20.8 Å². The van der Waals surface area contributed by atoms with Crippen molar-refractivity contribution in [3.8, 4) is 0 Å². The molecule has 1 aromatic heterocycles. The largest absolute Gasteiger partial charge is 0.365 e. The molecule has 0 spiro atoms. The second-order valence-corrected chi connectivity index (χ2v) is 7.86. The Morgan fingerprint density at radius 1 is 1.38 bits per heavy atom. The van der Waals surface area contributed by atoms with Gasteiger partial charge in [0.1, 0.15) is 5.00 Å². The Bertz CT molecular complexity index is 1050. The van der Waals surface area contributed by atoms with E-state index < -0.39 is 40.1 Å². The normalized spacial score (nSPS) is 16.2. The fraction of sp³-hybridized carbons (Fsp3) is 0.278. The van der Waals surface area contributed by atoms with Crippen LogP contribution in [0.25, 0.3) is 0 Å². The molecule has 0 bridgehead atoms. The van der Waals surface area contributed by atoms with Crippen molar-refractivity contribution in [3.05, 3.63) is 50.1 Å². The maximum absolute atomic E-state index is 13.5. The summed E-state index contributed by atoms with van der Waals surface area (Å²) >= 11 is 1.21. The van der Waals surface area contributed by atoms with Crippen molar-refractivity contribution in [2.75, 3.05) is 16.8 Å². The van der Waals surface area contributed by atoms with E-state index in [0.717, 1.165) is 17.0 Å². The number of aryl methyl sites for hydroxylation is 1. The molecule has 152 valence electrons. The highest BCUT2D eigenvalue weighted by molar-refractivity contribution is 7.16. The number of thiophene rings is 1. The summed E-state index contributed by atoms with van der Waals surface area (Å²) in [5.41, 5.74) is 5.70. The second kappa shape index (κ2) is 7.59. The average Bonchev–Trinajstić information content (AvgIpc) is 3.15. The first-order valence-corrected chi connectivity index (χ1v) is 9.36. The number of rotatable bonds is 5. The van der Waals surface area contributed by atoms with Crippen LogP contribution in [0, 0.1) is 35.7 Å². The molecular weight excluding hydrogens is 403 g/mol. The molecule has 1 aliphatic rings. The summed E-state index contributed by atoms with van der Waals surface area (Å²) in [6.45, 7) is 3.50. The first-order chi connectivity index (χ1) is 13.6. The van der Waals surface area contributed by atoms with Crippen molar-refractivity contribution in [3.63, 3.8) is 0 Å². The highest BCUT2D eigenvalue weighted by Gasteiger charge is 2.36. The lowest BCUT2D eigenvalue weighted by atomic mass is 10.1. The molecule has 0 aliphatic carbocycles. The lowest BCUT2D eigenvalue weighted by Crippen LogP contribution is -2.28. The molecule has 1 aromatic carbocycles. The highest BCUT2D eigenvalue weighted by Crippen LogP contribution is 2.34. The molecule has 0 radical (unpaired) electrons. The second-order valence-electron chi connectivity index (χ2n) is 6.64. The Morgan fingerprint density at radius 2 is 2.07 bits per heavy atom. The number of carbonyl (C=O) groups is 3. The van der Waals surface area contributed by atoms with Crippen LogP contribution in [-0.4, -0.2) is 29.2 Å². The van der Waals surface area contributed by atoms with Gasteiger partial charge in [0.25, 0.3) is 5.91 Å². The third-order valence-electron chi connectivity index (χ3n) is 4.80. The molecule has 0 saturated carbocycles. The number of hydrogen-bond donors (Lipinski definition) is 2. The van der Waals surface area contributed by atoms with Crippen LogP contribution in [0.5, 0.6) is 0 Å². The minimum absolute atomic E-state index is 0.0251. The number of nitro benzene ring substituents is 1. The standard InChI is InChI=1S/C18H17FN4O5S/c1-8-9(2)29-18(15(8)16(20)25)21-17(26)10-5-14(24)22(7-10)11-3-4-12(19)13(6-11)23(27)28/h3-4,6,10H,5,7H2,1-2H3,(H2,20,25)(H,21,26). The number of carbonyl (C=O) groups excluding carboxylic acids is 3. The zero-order chi connectivity index (χ0) is 21.5. The Hall–Kier alpha value is -3.34. The summed E-state index contributed by atoms with van der Waals surface area (Å²) in [7, 11) is 0. The number of nitrogens with one attached hydrogen (secondary N) is 1. The van der Waals surface area contributed by atoms with Gasteiger partial charge < -0.3 is 16.0 Å². The molecule has 1 saturated heterocycles. The Kier molecular flexibility index (Phi) is 5.33. The predicted molar refractivity (Wildman–Crippen MR) is 104 cm³/mol. The van der Waals surface area contributed by atoms with Gasteiger partial charge in [-0.25, -0.2) is 0 Å². The van der Waals surface area contributed by atoms with Crippen LogP contribution >= 0.6 is 11.3 Å². The summed E-state index contributed by atoms with van der Waals surface area (Å²) < 4.78 is 13.5. The summed E-state index contributed by atoms with van der Waals surface area (Å²) in [5.74, 6) is -3.30. The summed E-state index contributed by atoms with van der Waals surface area (Å²) in [6.07, 6.45) is -0.119. The first-order valence-electron chi connectivity index (χ1n) is 8.55. The number of halogens is 1. The van der Waals surface area contributed by atoms with Crippen LogP contribution in [0.2, 0.25) is 0 Å². The van der Waals surface area contributed by atoms with Crippen LogP contribution in [0.3, 0.4) is 0 Å². The lowest BCUT2D eigenvalue weighted by Gasteiger charge is -2.16. The molecule has 2 heterocycles. The minimum atomic E-state index is -1.01. The fourth-order valence-electron chi connectivity index (χ4n) is 3.17. The van der Waals surface area contributed by atoms with Crippen molar-refractivity contribution in [1.29, 1.82) is 0 Å². The topological polar surface area (TPSA) is 136 Å². The van der Waals surface area contributed by atoms with Gasteiger partial charge in [0.2, 0.25) is 17.6 Å². The SMILES string of the molecule is Cc1sc(NC(=O)C2CC(=O)N(c3ccc(F)c([N+](=O)[O-])c3)C2)c(C(N)=O)c1C. The van der Waals surface area contributed by atoms with Crippen molar-refractivity contribution < 1.29 is 23.7 Å². The van der Waals surface area contributed by atoms with E-state index >= 15 is 0 Å². The first kappa shape index (κ1) is 20.4. The maximum atomic E-state index is 13.5. The number of nitrogens with zero attached hydrogens (tertiary/aromatic N) is 2. The Labute approximate surface area is 168 Å². The molecule has 2 aromatic rings. The van der Waals surface area contributed by atoms with E-state index in [1.165, 1.54) is 22.3 Å². The molecule has 1 unspecified atom stereocenters. The molecule has 3 rings (SSSR count). The molecule has 1 aliphatic heterocycles. The van der Waals surface area contributed by atoms with Gasteiger partial charge in [-0.05, 0) is 31.5 Å². The zero-order valence-electron chi connectivity index (χ0n) is 15.5. The third kappa shape index (κ3) is 3.81. The maximum Gasteiger partial charge on any atom is 0.306 e. The van der Waals surface area contributed by atoms with Gasteiger partial charge >= 0.3 is 5.69 Å². The van der Waals surface area contributed by atoms with E-state index in [1.54, 1.807) is 13.8 Å². The number of nitrogens with two attached hydrogens (primary N) is 1. The number of primary amides is 1. The van der Waals surface area contributed by atoms with E-state index in [0.29, 0.717) is 10.6 Å². The Morgan fingerprint density at radius 3 is 2.69 bits per heavy atom. The number of nitro groups is 1. The molecule has 29 heavy (non-hydrogen) atoms. The zero-order valence-corrected chi connectivity index (χ0v) is 16.3. The predicted octanol–water partition coefficient (Wildman–Crippen LogP) is 2.50. The molecule has 1 fully saturated rings. The van der Waals surface area contributed by atoms with Gasteiger partial charge in [-0.1, -0.05) is 0 Å². The summed E-state index contributed by atoms with van der Waals surface area (Å²) in [5, 5.41) is 13.9. The molecule has 11 heteroatoms. The van der Waals surface area contributed by atoms with Crippen LogP contribution in [0.15, 0.2) is 18.2 Å². The van der Waals surface area contributed by atoms with E-state index in [2.05, 4.69) is 5.32 Å². The number of hydrogen-bond acceptors (Lipinski definition) is 6. The number of amides is 3. The number of benzene rings is 1. The van der Waals surface area contributed by atoms with Gasteiger partial charge in [-0.15, -0.1) is 11.3 Å². The molecular formula is C18H17FN4O5S. The third-order valence-corrected chi connectivity index (χ3v) is 5.93. The monoisotopic (exact) mass is 420 g/mol. The van der Waals surface area contributed by atoms with Gasteiger partial charge in [-0.3, -0.25) is 24.5 Å². The van der Waals surface area contributed by atoms with E-state index in [4.69, 9.17) is 5.73 Å². The molecule has 3 N–H and O–H groups in total. The van der Waals surface area contributed by atoms with Crippen LogP contribution in [-0.2, 0) is 9.59 Å². The summed E-state index contributed by atoms with van der Waals surface area (Å²) in [4.78, 5) is 48.8. The summed E-state index contributed by atoms with van der Waals surface area (Å²) in [6, 6.07) is 3.12. The number of anilines is 2. The molecule has 1 atom stereocenters.